The van der Waals surface area contributed by atoms with Gasteiger partial charge in [0.25, 0.3) is 11.4 Å². The topological polar surface area (TPSA) is 90.0 Å². The average Bonchev–Trinajstić information content (AvgIpc) is 3.10. The Morgan fingerprint density at radius 2 is 2.07 bits per heavy atom. The van der Waals surface area contributed by atoms with E-state index < -0.39 is 0 Å². The van der Waals surface area contributed by atoms with Crippen LogP contribution >= 0.6 is 11.6 Å². The monoisotopic (exact) mass is 386 g/mol. The summed E-state index contributed by atoms with van der Waals surface area (Å²) in [4.78, 5) is 28.7. The lowest BCUT2D eigenvalue weighted by molar-refractivity contribution is -0.116. The molecular weight excluding hydrogens is 368 g/mol. The van der Waals surface area contributed by atoms with Crippen LogP contribution in [0.4, 0.5) is 5.69 Å². The van der Waals surface area contributed by atoms with Crippen molar-refractivity contribution in [2.75, 3.05) is 5.32 Å². The van der Waals surface area contributed by atoms with Crippen molar-refractivity contribution in [3.05, 3.63) is 63.3 Å². The Balaban J connectivity index is 1.79. The van der Waals surface area contributed by atoms with Gasteiger partial charge in [-0.2, -0.15) is 4.98 Å². The number of halogens is 1. The van der Waals surface area contributed by atoms with E-state index in [0.29, 0.717) is 28.0 Å². The van der Waals surface area contributed by atoms with Crippen molar-refractivity contribution in [2.24, 2.45) is 0 Å². The van der Waals surface area contributed by atoms with Crippen LogP contribution in [0.15, 0.2) is 45.8 Å². The quantitative estimate of drug-likeness (QED) is 0.723. The van der Waals surface area contributed by atoms with Crippen LogP contribution in [0.2, 0.25) is 5.02 Å². The van der Waals surface area contributed by atoms with Gasteiger partial charge in [0.05, 0.1) is 16.3 Å². The molecule has 0 atom stereocenters. The van der Waals surface area contributed by atoms with Crippen molar-refractivity contribution in [3.8, 4) is 11.5 Å². The van der Waals surface area contributed by atoms with E-state index in [1.807, 2.05) is 26.8 Å². The second-order valence-electron chi connectivity index (χ2n) is 6.53. The van der Waals surface area contributed by atoms with E-state index in [1.165, 1.54) is 16.8 Å². The first-order valence-corrected chi connectivity index (χ1v) is 8.82. The van der Waals surface area contributed by atoms with E-state index in [4.69, 9.17) is 16.1 Å². The zero-order chi connectivity index (χ0) is 19.6. The zero-order valence-electron chi connectivity index (χ0n) is 15.2. The van der Waals surface area contributed by atoms with E-state index in [1.54, 1.807) is 18.2 Å². The molecule has 8 heteroatoms. The van der Waals surface area contributed by atoms with Gasteiger partial charge in [0.2, 0.25) is 5.91 Å². The number of carbonyl (C=O) groups excluding carboxylic acids is 1. The number of hydrogen-bond donors (Lipinski definition) is 1. The molecule has 0 saturated heterocycles. The number of benzene rings is 1. The second kappa shape index (κ2) is 7.75. The van der Waals surface area contributed by atoms with Gasteiger partial charge in [0, 0.05) is 18.2 Å². The first-order chi connectivity index (χ1) is 12.8. The van der Waals surface area contributed by atoms with Crippen molar-refractivity contribution >= 4 is 23.2 Å². The first kappa shape index (κ1) is 18.8. The number of carbonyl (C=O) groups is 1. The molecule has 0 bridgehead atoms. The molecule has 0 saturated carbocycles. The number of aryl methyl sites for hydroxylation is 1. The Hall–Kier alpha value is -2.93. The average molecular weight is 387 g/mol. The van der Waals surface area contributed by atoms with E-state index in [9.17, 15) is 9.59 Å². The molecule has 0 aliphatic heterocycles. The van der Waals surface area contributed by atoms with Crippen molar-refractivity contribution in [2.45, 2.75) is 33.2 Å². The number of hydrogen-bond acceptors (Lipinski definition) is 5. The number of rotatable bonds is 5. The Bertz CT molecular complexity index is 1040. The van der Waals surface area contributed by atoms with Crippen molar-refractivity contribution < 1.29 is 9.32 Å². The van der Waals surface area contributed by atoms with Crippen LogP contribution in [0.1, 0.15) is 31.2 Å². The fourth-order valence-corrected chi connectivity index (χ4v) is 2.72. The molecular formula is C19H19ClN4O3. The van der Waals surface area contributed by atoms with Gasteiger partial charge < -0.3 is 14.4 Å². The summed E-state index contributed by atoms with van der Waals surface area (Å²) < 4.78 is 6.52. The lowest BCUT2D eigenvalue weighted by atomic mass is 10.2. The molecule has 3 aromatic rings. The number of nitrogens with one attached hydrogen (secondary N) is 1. The number of anilines is 1. The first-order valence-electron chi connectivity index (χ1n) is 8.44. The van der Waals surface area contributed by atoms with Crippen molar-refractivity contribution in [3.63, 3.8) is 0 Å². The summed E-state index contributed by atoms with van der Waals surface area (Å²) >= 11 is 6.13. The van der Waals surface area contributed by atoms with Gasteiger partial charge in [0.15, 0.2) is 5.82 Å². The molecule has 1 N–H and O–H groups in total. The molecule has 0 radical (unpaired) electrons. The van der Waals surface area contributed by atoms with Gasteiger partial charge in [-0.05, 0) is 30.7 Å². The molecule has 1 amide bonds. The Morgan fingerprint density at radius 3 is 2.74 bits per heavy atom. The Morgan fingerprint density at radius 1 is 1.30 bits per heavy atom. The maximum absolute atomic E-state index is 12.3. The lowest BCUT2D eigenvalue weighted by Crippen LogP contribution is -2.27. The molecule has 0 aliphatic rings. The molecule has 0 fully saturated rings. The summed E-state index contributed by atoms with van der Waals surface area (Å²) in [6, 6.07) is 8.27. The van der Waals surface area contributed by atoms with Gasteiger partial charge in [-0.1, -0.05) is 36.7 Å². The zero-order valence-corrected chi connectivity index (χ0v) is 15.9. The summed E-state index contributed by atoms with van der Waals surface area (Å²) in [6.07, 6.45) is 1.52. The van der Waals surface area contributed by atoms with Crippen LogP contribution in [0.3, 0.4) is 0 Å². The fraction of sp³-hybridized carbons (Fsp3) is 0.263. The maximum atomic E-state index is 12.3. The molecule has 27 heavy (non-hydrogen) atoms. The smallest absolute Gasteiger partial charge is 0.259 e. The normalized spacial score (nSPS) is 11.0. The van der Waals surface area contributed by atoms with Crippen LogP contribution in [0.5, 0.6) is 0 Å². The van der Waals surface area contributed by atoms with E-state index >= 15 is 0 Å². The maximum Gasteiger partial charge on any atom is 0.259 e. The van der Waals surface area contributed by atoms with Crippen molar-refractivity contribution in [1.82, 2.24) is 14.7 Å². The molecule has 2 heterocycles. The van der Waals surface area contributed by atoms with Crippen LogP contribution in [0, 0.1) is 6.92 Å². The minimum atomic E-state index is -0.367. The van der Waals surface area contributed by atoms with Crippen molar-refractivity contribution in [1.29, 1.82) is 0 Å². The molecule has 140 valence electrons. The molecule has 2 aromatic heterocycles. The van der Waals surface area contributed by atoms with Crippen LogP contribution in [-0.4, -0.2) is 20.6 Å². The minimum absolute atomic E-state index is 0.124. The van der Waals surface area contributed by atoms with E-state index in [-0.39, 0.29) is 23.9 Å². The van der Waals surface area contributed by atoms with E-state index in [2.05, 4.69) is 15.5 Å². The summed E-state index contributed by atoms with van der Waals surface area (Å²) in [5, 5.41) is 7.06. The molecule has 0 unspecified atom stereocenters. The number of pyridine rings is 1. The number of aromatic nitrogens is 3. The second-order valence-corrected chi connectivity index (χ2v) is 6.94. The van der Waals surface area contributed by atoms with Crippen LogP contribution < -0.4 is 10.9 Å². The largest absolute Gasteiger partial charge is 0.334 e. The highest BCUT2D eigenvalue weighted by atomic mass is 35.5. The molecule has 0 aliphatic carbocycles. The number of nitrogens with zero attached hydrogens (tertiary/aromatic N) is 3. The summed E-state index contributed by atoms with van der Waals surface area (Å²) in [7, 11) is 0. The third kappa shape index (κ3) is 4.43. The lowest BCUT2D eigenvalue weighted by Gasteiger charge is -2.10. The summed E-state index contributed by atoms with van der Waals surface area (Å²) in [5.41, 5.74) is 1.74. The van der Waals surface area contributed by atoms with Gasteiger partial charge in [-0.3, -0.25) is 9.59 Å². The molecule has 0 spiro atoms. The van der Waals surface area contributed by atoms with Gasteiger partial charge in [-0.25, -0.2) is 0 Å². The highest BCUT2D eigenvalue weighted by Crippen LogP contribution is 2.23. The molecule has 1 aromatic carbocycles. The number of amides is 1. The predicted molar refractivity (Wildman–Crippen MR) is 103 cm³/mol. The van der Waals surface area contributed by atoms with E-state index in [0.717, 1.165) is 5.56 Å². The minimum Gasteiger partial charge on any atom is -0.334 e. The Kier molecular flexibility index (Phi) is 5.41. The van der Waals surface area contributed by atoms with Gasteiger partial charge >= 0.3 is 0 Å². The fourth-order valence-electron chi connectivity index (χ4n) is 2.43. The highest BCUT2D eigenvalue weighted by molar-refractivity contribution is 6.33. The highest BCUT2D eigenvalue weighted by Gasteiger charge is 2.14. The predicted octanol–water partition coefficient (Wildman–Crippen LogP) is 3.62. The molecule has 3 rings (SSSR count). The molecule has 7 nitrogen and oxygen atoms in total. The Labute approximate surface area is 161 Å². The van der Waals surface area contributed by atoms with Crippen LogP contribution in [0.25, 0.3) is 11.5 Å². The third-order valence-corrected chi connectivity index (χ3v) is 4.21. The SMILES string of the molecule is Cc1ccc(NC(=O)Cn2cc(-c3nc(C(C)C)no3)ccc2=O)c(Cl)c1. The standard InChI is InChI=1S/C19H19ClN4O3/c1-11(2)18-22-19(27-23-18)13-5-7-17(26)24(9-13)10-16(25)21-15-6-4-12(3)8-14(15)20/h4-9,11H,10H2,1-3H3,(H,21,25). The van der Waals surface area contributed by atoms with Crippen LogP contribution in [-0.2, 0) is 11.3 Å². The summed E-state index contributed by atoms with van der Waals surface area (Å²) in [5.74, 6) is 0.635. The summed E-state index contributed by atoms with van der Waals surface area (Å²) in [6.45, 7) is 5.65. The van der Waals surface area contributed by atoms with Gasteiger partial charge in [0.1, 0.15) is 6.54 Å². The van der Waals surface area contributed by atoms with Gasteiger partial charge in [-0.15, -0.1) is 0 Å². The third-order valence-electron chi connectivity index (χ3n) is 3.90.